The largest absolute Gasteiger partial charge is 0.464 e. The van der Waals surface area contributed by atoms with Crippen molar-refractivity contribution in [3.63, 3.8) is 0 Å². The second-order valence-corrected chi connectivity index (χ2v) is 3.63. The average Bonchev–Trinajstić information content (AvgIpc) is 2.74. The number of rotatable bonds is 2. The Kier molecular flexibility index (Phi) is 2.11. The van der Waals surface area contributed by atoms with Crippen LogP contribution < -0.4 is 5.32 Å². The van der Waals surface area contributed by atoms with Crippen LogP contribution in [0.4, 0.5) is 11.4 Å². The second kappa shape index (κ2) is 3.74. The molecule has 0 fully saturated rings. The van der Waals surface area contributed by atoms with Crippen molar-refractivity contribution in [2.24, 2.45) is 0 Å². The van der Waals surface area contributed by atoms with E-state index in [1.54, 1.807) is 6.26 Å². The number of nitrogens with one attached hydrogen (secondary N) is 1. The van der Waals surface area contributed by atoms with E-state index in [-0.39, 0.29) is 0 Å². The lowest BCUT2D eigenvalue weighted by Gasteiger charge is -2.06. The van der Waals surface area contributed by atoms with Gasteiger partial charge in [-0.05, 0) is 36.4 Å². The van der Waals surface area contributed by atoms with Crippen molar-refractivity contribution in [2.75, 3.05) is 5.32 Å². The third-order valence-corrected chi connectivity index (χ3v) is 2.55. The van der Waals surface area contributed by atoms with Crippen LogP contribution in [0, 0.1) is 0 Å². The van der Waals surface area contributed by atoms with Crippen molar-refractivity contribution in [3.8, 4) is 11.3 Å². The highest BCUT2D eigenvalue weighted by molar-refractivity contribution is 5.81. The maximum absolute atomic E-state index is 5.39. The maximum Gasteiger partial charge on any atom is 0.135 e. The van der Waals surface area contributed by atoms with E-state index in [4.69, 9.17) is 4.42 Å². The molecule has 0 saturated heterocycles. The van der Waals surface area contributed by atoms with Gasteiger partial charge >= 0.3 is 0 Å². The van der Waals surface area contributed by atoms with Crippen LogP contribution in [0.3, 0.4) is 0 Å². The second-order valence-electron chi connectivity index (χ2n) is 3.63. The van der Waals surface area contributed by atoms with E-state index >= 15 is 0 Å². The Labute approximate surface area is 93.9 Å². The van der Waals surface area contributed by atoms with Gasteiger partial charge in [-0.15, -0.1) is 0 Å². The highest BCUT2D eigenvalue weighted by Gasteiger charge is 2.10. The van der Waals surface area contributed by atoms with E-state index in [1.165, 1.54) is 0 Å². The molecule has 16 heavy (non-hydrogen) atoms. The van der Waals surface area contributed by atoms with Crippen LogP contribution in [0.5, 0.6) is 0 Å². The first-order valence-electron chi connectivity index (χ1n) is 5.22. The molecule has 1 aliphatic heterocycles. The van der Waals surface area contributed by atoms with Crippen molar-refractivity contribution >= 4 is 11.4 Å². The lowest BCUT2D eigenvalue weighted by Crippen LogP contribution is -1.88. The molecule has 0 aromatic heterocycles. The Bertz CT molecular complexity index is 556. The van der Waals surface area contributed by atoms with Gasteiger partial charge in [0.1, 0.15) is 5.76 Å². The molecule has 0 saturated carbocycles. The normalized spacial score (nSPS) is 10.5. The van der Waals surface area contributed by atoms with Crippen LogP contribution in [0.1, 0.15) is 0 Å². The predicted octanol–water partition coefficient (Wildman–Crippen LogP) is 4.13. The molecule has 3 rings (SSSR count). The molecule has 2 heteroatoms. The van der Waals surface area contributed by atoms with Crippen molar-refractivity contribution < 1.29 is 4.42 Å². The van der Waals surface area contributed by atoms with Crippen LogP contribution in [-0.2, 0) is 0 Å². The molecule has 1 aliphatic carbocycles. The lowest BCUT2D eigenvalue weighted by atomic mass is 10.2. The first kappa shape index (κ1) is 9.04. The fraction of sp³-hybridized carbons (Fsp3) is 0. The van der Waals surface area contributed by atoms with Gasteiger partial charge in [-0.1, -0.05) is 18.2 Å². The summed E-state index contributed by atoms with van der Waals surface area (Å²) in [4.78, 5) is 0. The Morgan fingerprint density at radius 1 is 0.812 bits per heavy atom. The highest BCUT2D eigenvalue weighted by atomic mass is 16.3. The van der Waals surface area contributed by atoms with E-state index in [2.05, 4.69) is 5.32 Å². The Balaban J connectivity index is 1.97. The molecular formula is C14H11NO. The van der Waals surface area contributed by atoms with E-state index in [0.717, 1.165) is 22.7 Å². The minimum atomic E-state index is 0.904. The number of hydrogen-bond donors (Lipinski definition) is 1. The van der Waals surface area contributed by atoms with Gasteiger partial charge in [-0.25, -0.2) is 0 Å². The summed E-state index contributed by atoms with van der Waals surface area (Å²) in [5.74, 6) is 0.904. The quantitative estimate of drug-likeness (QED) is 0.686. The van der Waals surface area contributed by atoms with Gasteiger partial charge in [0, 0.05) is 16.9 Å². The molecule has 1 N–H and O–H groups in total. The van der Waals surface area contributed by atoms with Crippen molar-refractivity contribution in [2.45, 2.75) is 0 Å². The molecular weight excluding hydrogens is 198 g/mol. The summed E-state index contributed by atoms with van der Waals surface area (Å²) < 4.78 is 5.39. The van der Waals surface area contributed by atoms with Crippen LogP contribution in [0.25, 0.3) is 11.3 Å². The van der Waals surface area contributed by atoms with Crippen molar-refractivity contribution in [3.05, 3.63) is 60.9 Å². The number of benzene rings is 1. The SMILES string of the molecule is c1ccc(Nc2ccc3occcc2-3)cc1. The Hall–Kier alpha value is -2.22. The van der Waals surface area contributed by atoms with Crippen LogP contribution in [0.15, 0.2) is 65.3 Å². The summed E-state index contributed by atoms with van der Waals surface area (Å²) in [7, 11) is 0. The number of hydrogen-bond acceptors (Lipinski definition) is 2. The fourth-order valence-electron chi connectivity index (χ4n) is 1.78. The molecule has 1 aromatic carbocycles. The molecule has 2 aliphatic rings. The fourth-order valence-corrected chi connectivity index (χ4v) is 1.78. The first-order chi connectivity index (χ1) is 7.93. The van der Waals surface area contributed by atoms with Gasteiger partial charge in [0.05, 0.1) is 6.26 Å². The Morgan fingerprint density at radius 2 is 1.69 bits per heavy atom. The van der Waals surface area contributed by atoms with Gasteiger partial charge < -0.3 is 9.73 Å². The number of para-hydroxylation sites is 1. The summed E-state index contributed by atoms with van der Waals surface area (Å²) in [5.41, 5.74) is 3.26. The van der Waals surface area contributed by atoms with E-state index < -0.39 is 0 Å². The van der Waals surface area contributed by atoms with Crippen LogP contribution >= 0.6 is 0 Å². The zero-order valence-electron chi connectivity index (χ0n) is 8.68. The number of anilines is 2. The van der Waals surface area contributed by atoms with Crippen LogP contribution in [-0.4, -0.2) is 0 Å². The third kappa shape index (κ3) is 1.54. The Morgan fingerprint density at radius 3 is 2.56 bits per heavy atom. The molecule has 0 amide bonds. The highest BCUT2D eigenvalue weighted by Crippen LogP contribution is 2.33. The molecule has 0 atom stereocenters. The van der Waals surface area contributed by atoms with Crippen molar-refractivity contribution in [1.82, 2.24) is 0 Å². The minimum absolute atomic E-state index is 0.904. The third-order valence-electron chi connectivity index (χ3n) is 2.55. The predicted molar refractivity (Wildman–Crippen MR) is 65.1 cm³/mol. The molecule has 0 bridgehead atoms. The zero-order chi connectivity index (χ0) is 10.8. The maximum atomic E-state index is 5.39. The van der Waals surface area contributed by atoms with Gasteiger partial charge in [0.15, 0.2) is 0 Å². The zero-order valence-corrected chi connectivity index (χ0v) is 8.68. The molecule has 0 spiro atoms. The summed E-state index contributed by atoms with van der Waals surface area (Å²) >= 11 is 0. The van der Waals surface area contributed by atoms with Gasteiger partial charge in [0.25, 0.3) is 0 Å². The van der Waals surface area contributed by atoms with E-state index in [0.29, 0.717) is 0 Å². The van der Waals surface area contributed by atoms with Crippen molar-refractivity contribution in [1.29, 1.82) is 0 Å². The minimum Gasteiger partial charge on any atom is -0.464 e. The first-order valence-corrected chi connectivity index (χ1v) is 5.22. The van der Waals surface area contributed by atoms with E-state index in [9.17, 15) is 0 Å². The molecule has 78 valence electrons. The average molecular weight is 209 g/mol. The smallest absolute Gasteiger partial charge is 0.135 e. The van der Waals surface area contributed by atoms with Gasteiger partial charge in [-0.2, -0.15) is 0 Å². The molecule has 2 nitrogen and oxygen atoms in total. The van der Waals surface area contributed by atoms with Gasteiger partial charge in [-0.3, -0.25) is 0 Å². The summed E-state index contributed by atoms with van der Waals surface area (Å²) in [6, 6.07) is 18.1. The standard InChI is InChI=1S/C14H11NO/c1-2-5-11(6-3-1)15-13-8-9-14-12(13)7-4-10-16-14/h1-10,15H. The molecule has 1 aromatic rings. The summed E-state index contributed by atoms with van der Waals surface area (Å²) in [6.07, 6.45) is 1.69. The molecule has 0 radical (unpaired) electrons. The molecule has 1 heterocycles. The van der Waals surface area contributed by atoms with Crippen LogP contribution in [0.2, 0.25) is 0 Å². The summed E-state index contributed by atoms with van der Waals surface area (Å²) in [6.45, 7) is 0. The van der Waals surface area contributed by atoms with Gasteiger partial charge in [0.2, 0.25) is 0 Å². The van der Waals surface area contributed by atoms with E-state index in [1.807, 2.05) is 54.6 Å². The molecule has 0 unspecified atom stereocenters. The number of fused-ring (bicyclic) bond motifs is 1. The lowest BCUT2D eigenvalue weighted by molar-refractivity contribution is 0.567. The summed E-state index contributed by atoms with van der Waals surface area (Å²) in [5, 5.41) is 3.37. The monoisotopic (exact) mass is 209 g/mol. The topological polar surface area (TPSA) is 25.2 Å².